The van der Waals surface area contributed by atoms with Crippen LogP contribution in [0.5, 0.6) is 0 Å². The molecule has 0 saturated carbocycles. The Labute approximate surface area is 101 Å². The van der Waals surface area contributed by atoms with Crippen molar-refractivity contribution < 1.29 is 42.4 Å². The quantitative estimate of drug-likeness (QED) is 0.528. The minimum Gasteiger partial charge on any atom is -0.748 e. The van der Waals surface area contributed by atoms with Gasteiger partial charge in [-0.25, -0.2) is 16.8 Å². The van der Waals surface area contributed by atoms with Crippen LogP contribution in [0.1, 0.15) is 26.7 Å². The topological polar surface area (TPSA) is 114 Å². The third-order valence-electron chi connectivity index (χ3n) is 0.908. The Balaban J connectivity index is -0.000000180. The fraction of sp³-hybridized carbons (Fsp3) is 1.00. The zero-order chi connectivity index (χ0) is 11.8. The predicted octanol–water partition coefficient (Wildman–Crippen LogP) is -0.119. The molecular formula is C6H14NiO6S2. The Morgan fingerprint density at radius 1 is 0.800 bits per heavy atom. The number of rotatable bonds is 4. The van der Waals surface area contributed by atoms with Crippen LogP contribution < -0.4 is 0 Å². The van der Waals surface area contributed by atoms with E-state index >= 15 is 0 Å². The predicted molar refractivity (Wildman–Crippen MR) is 49.7 cm³/mol. The molecule has 9 heteroatoms. The van der Waals surface area contributed by atoms with E-state index in [-0.39, 0.29) is 28.0 Å². The van der Waals surface area contributed by atoms with Crippen LogP contribution in [0.15, 0.2) is 0 Å². The summed E-state index contributed by atoms with van der Waals surface area (Å²) in [6, 6.07) is 0. The van der Waals surface area contributed by atoms with E-state index in [9.17, 15) is 25.9 Å². The molecule has 0 bridgehead atoms. The first-order chi connectivity index (χ1) is 6.12. The monoisotopic (exact) mass is 304 g/mol. The molecule has 0 aliphatic heterocycles. The minimum atomic E-state index is -3.92. The molecule has 0 N–H and O–H groups in total. The van der Waals surface area contributed by atoms with Gasteiger partial charge >= 0.3 is 16.5 Å². The molecule has 0 unspecified atom stereocenters. The van der Waals surface area contributed by atoms with E-state index in [2.05, 4.69) is 0 Å². The molecule has 0 atom stereocenters. The number of hydrogen-bond donors (Lipinski definition) is 0. The van der Waals surface area contributed by atoms with Crippen molar-refractivity contribution in [3.05, 3.63) is 0 Å². The van der Waals surface area contributed by atoms with Crippen LogP contribution in [0.25, 0.3) is 0 Å². The maximum absolute atomic E-state index is 9.68. The maximum atomic E-state index is 9.68. The standard InChI is InChI=1S/2C3H8O3S.Ni/c2*1-2-3-7(4,5)6;/h2*2-3H2,1H3,(H,4,5,6);/q;;+2/p-2. The van der Waals surface area contributed by atoms with Gasteiger partial charge in [-0.1, -0.05) is 13.8 Å². The van der Waals surface area contributed by atoms with Crippen LogP contribution in [0.3, 0.4) is 0 Å². The Morgan fingerprint density at radius 3 is 1.00 bits per heavy atom. The van der Waals surface area contributed by atoms with Crippen molar-refractivity contribution in [3.8, 4) is 0 Å². The molecule has 0 aliphatic carbocycles. The van der Waals surface area contributed by atoms with E-state index in [1.54, 1.807) is 13.8 Å². The SMILES string of the molecule is CCCS(=O)(=O)[O-].CCCS(=O)(=O)[O-].[Ni+2]. The van der Waals surface area contributed by atoms with Crippen LogP contribution >= 0.6 is 0 Å². The molecule has 0 aromatic rings. The molecule has 15 heavy (non-hydrogen) atoms. The van der Waals surface area contributed by atoms with Gasteiger partial charge in [-0.2, -0.15) is 0 Å². The van der Waals surface area contributed by atoms with Crippen LogP contribution in [-0.4, -0.2) is 37.4 Å². The summed E-state index contributed by atoms with van der Waals surface area (Å²) in [7, 11) is -7.85. The second-order valence-electron chi connectivity index (χ2n) is 2.52. The Kier molecular flexibility index (Phi) is 13.2. The Bertz CT molecular complexity index is 286. The molecule has 0 amide bonds. The third-order valence-corrected chi connectivity index (χ3v) is 2.72. The van der Waals surface area contributed by atoms with Crippen LogP contribution in [-0.2, 0) is 36.7 Å². The van der Waals surface area contributed by atoms with Gasteiger partial charge in [-0.3, -0.25) is 0 Å². The van der Waals surface area contributed by atoms with Crippen LogP contribution in [0, 0.1) is 0 Å². The minimum absolute atomic E-state index is 0. The zero-order valence-electron chi connectivity index (χ0n) is 8.41. The summed E-state index contributed by atoms with van der Waals surface area (Å²) in [5.41, 5.74) is 0. The van der Waals surface area contributed by atoms with Gasteiger partial charge in [0.25, 0.3) is 0 Å². The van der Waals surface area contributed by atoms with Crippen molar-refractivity contribution in [1.29, 1.82) is 0 Å². The summed E-state index contributed by atoms with van der Waals surface area (Å²) in [6.45, 7) is 3.30. The van der Waals surface area contributed by atoms with Crippen molar-refractivity contribution in [1.82, 2.24) is 0 Å². The smallest absolute Gasteiger partial charge is 0.748 e. The molecule has 0 heterocycles. The molecule has 96 valence electrons. The van der Waals surface area contributed by atoms with Crippen molar-refractivity contribution >= 4 is 20.2 Å². The van der Waals surface area contributed by atoms with Gasteiger partial charge in [0.2, 0.25) is 0 Å². The molecule has 0 rings (SSSR count). The average Bonchev–Trinajstić information content (AvgIpc) is 1.81. The third kappa shape index (κ3) is 31.4. The van der Waals surface area contributed by atoms with Gasteiger partial charge in [0.15, 0.2) is 0 Å². The van der Waals surface area contributed by atoms with E-state index in [0.717, 1.165) is 0 Å². The molecule has 0 aliphatic rings. The summed E-state index contributed by atoms with van der Waals surface area (Å²) in [4.78, 5) is 0. The molecule has 0 saturated heterocycles. The van der Waals surface area contributed by atoms with E-state index in [4.69, 9.17) is 0 Å². The van der Waals surface area contributed by atoms with Gasteiger partial charge < -0.3 is 9.11 Å². The van der Waals surface area contributed by atoms with E-state index in [1.165, 1.54) is 0 Å². The van der Waals surface area contributed by atoms with Gasteiger partial charge in [0.1, 0.15) is 0 Å². The normalized spacial score (nSPS) is 10.9. The first-order valence-corrected chi connectivity index (χ1v) is 7.15. The largest absolute Gasteiger partial charge is 2.00 e. The van der Waals surface area contributed by atoms with E-state index in [1.807, 2.05) is 0 Å². The summed E-state index contributed by atoms with van der Waals surface area (Å²) < 4.78 is 58.1. The Morgan fingerprint density at radius 2 is 1.00 bits per heavy atom. The van der Waals surface area contributed by atoms with Gasteiger partial charge in [0.05, 0.1) is 20.2 Å². The summed E-state index contributed by atoms with van der Waals surface area (Å²) in [5.74, 6) is -0.486. The van der Waals surface area contributed by atoms with Crippen molar-refractivity contribution in [3.63, 3.8) is 0 Å². The summed E-state index contributed by atoms with van der Waals surface area (Å²) >= 11 is 0. The second kappa shape index (κ2) is 9.53. The summed E-state index contributed by atoms with van der Waals surface area (Å²) in [6.07, 6.45) is 0.817. The zero-order valence-corrected chi connectivity index (χ0v) is 11.0. The molecule has 6 nitrogen and oxygen atoms in total. The van der Waals surface area contributed by atoms with Gasteiger partial charge in [0, 0.05) is 11.5 Å². The summed E-state index contributed by atoms with van der Waals surface area (Å²) in [5, 5.41) is 0. The van der Waals surface area contributed by atoms with E-state index in [0.29, 0.717) is 12.8 Å². The fourth-order valence-corrected chi connectivity index (χ4v) is 1.50. The fourth-order valence-electron chi connectivity index (χ4n) is 0.500. The molecule has 0 aromatic carbocycles. The molecule has 0 fully saturated rings. The van der Waals surface area contributed by atoms with Crippen LogP contribution in [0.4, 0.5) is 0 Å². The maximum Gasteiger partial charge on any atom is 2.00 e. The molecular weight excluding hydrogens is 291 g/mol. The Hall–Kier alpha value is 0.314. The molecule has 0 spiro atoms. The van der Waals surface area contributed by atoms with Gasteiger partial charge in [-0.05, 0) is 12.8 Å². The number of hydrogen-bond acceptors (Lipinski definition) is 6. The molecule has 0 aromatic heterocycles. The van der Waals surface area contributed by atoms with Crippen molar-refractivity contribution in [2.45, 2.75) is 26.7 Å². The van der Waals surface area contributed by atoms with E-state index < -0.39 is 20.2 Å². The average molecular weight is 305 g/mol. The van der Waals surface area contributed by atoms with Crippen LogP contribution in [0.2, 0.25) is 0 Å². The first kappa shape index (κ1) is 20.7. The van der Waals surface area contributed by atoms with Crippen molar-refractivity contribution in [2.75, 3.05) is 11.5 Å². The van der Waals surface area contributed by atoms with Gasteiger partial charge in [-0.15, -0.1) is 0 Å². The van der Waals surface area contributed by atoms with Crippen molar-refractivity contribution in [2.24, 2.45) is 0 Å². The first-order valence-electron chi connectivity index (χ1n) is 3.99. The molecule has 0 radical (unpaired) electrons. The second-order valence-corrected chi connectivity index (χ2v) is 5.57.